The topological polar surface area (TPSA) is 143 Å². The van der Waals surface area contributed by atoms with Crippen LogP contribution in [0.5, 0.6) is 0 Å². The van der Waals surface area contributed by atoms with Crippen LogP contribution in [0.4, 0.5) is 4.79 Å². The number of methoxy groups -OCH3 is 1. The summed E-state index contributed by atoms with van der Waals surface area (Å²) in [6, 6.07) is 15.9. The minimum absolute atomic E-state index is 0.0113. The van der Waals surface area contributed by atoms with E-state index in [0.29, 0.717) is 11.1 Å². The van der Waals surface area contributed by atoms with Gasteiger partial charge in [-0.3, -0.25) is 9.36 Å². The van der Waals surface area contributed by atoms with Gasteiger partial charge in [0, 0.05) is 12.7 Å². The quantitative estimate of drug-likeness (QED) is 0.180. The molecule has 0 aliphatic rings. The summed E-state index contributed by atoms with van der Waals surface area (Å²) in [4.78, 5) is 38.7. The average Bonchev–Trinajstić information content (AvgIpc) is 2.92. The van der Waals surface area contributed by atoms with Crippen LogP contribution in [0.15, 0.2) is 54.6 Å². The van der Waals surface area contributed by atoms with Crippen molar-refractivity contribution in [1.29, 1.82) is 0 Å². The van der Waals surface area contributed by atoms with Gasteiger partial charge in [-0.15, -0.1) is 0 Å². The molecule has 0 saturated carbocycles. The van der Waals surface area contributed by atoms with Gasteiger partial charge in [-0.1, -0.05) is 68.4 Å². The van der Waals surface area contributed by atoms with E-state index in [-0.39, 0.29) is 19.8 Å². The van der Waals surface area contributed by atoms with Gasteiger partial charge in [0.05, 0.1) is 19.6 Å². The van der Waals surface area contributed by atoms with Crippen molar-refractivity contribution in [1.82, 2.24) is 5.32 Å². The highest BCUT2D eigenvalue weighted by atomic mass is 31.2. The summed E-state index contributed by atoms with van der Waals surface area (Å²) in [6.45, 7) is 10.3. The van der Waals surface area contributed by atoms with Crippen LogP contribution in [0, 0.1) is 5.92 Å². The number of nitrogens with two attached hydrogens (primary N) is 1. The minimum Gasteiger partial charge on any atom is -0.469 e. The van der Waals surface area contributed by atoms with Gasteiger partial charge in [-0.05, 0) is 50.3 Å². The van der Waals surface area contributed by atoms with E-state index in [1.165, 1.54) is 7.11 Å². The van der Waals surface area contributed by atoms with Crippen molar-refractivity contribution in [2.24, 2.45) is 11.7 Å². The normalized spacial score (nSPS) is 15.2. The van der Waals surface area contributed by atoms with Crippen LogP contribution >= 0.6 is 7.37 Å². The first-order valence-electron chi connectivity index (χ1n) is 13.5. The molecule has 2 aromatic rings. The van der Waals surface area contributed by atoms with Crippen molar-refractivity contribution < 1.29 is 37.7 Å². The number of amides is 1. The molecule has 226 valence electrons. The average molecular weight is 591 g/mol. The van der Waals surface area contributed by atoms with Crippen LogP contribution in [0.25, 0.3) is 0 Å². The summed E-state index contributed by atoms with van der Waals surface area (Å²) < 4.78 is 36.3. The lowest BCUT2D eigenvalue weighted by atomic mass is 9.99. The zero-order chi connectivity index (χ0) is 30.8. The Morgan fingerprint density at radius 2 is 1.63 bits per heavy atom. The summed E-state index contributed by atoms with van der Waals surface area (Å²) in [6.07, 6.45) is -0.988. The number of hydrogen-bond acceptors (Lipinski definition) is 9. The molecule has 2 aromatic carbocycles. The summed E-state index contributed by atoms with van der Waals surface area (Å²) in [5.74, 6) is -3.30. The molecule has 10 nitrogen and oxygen atoms in total. The molecule has 3 atom stereocenters. The van der Waals surface area contributed by atoms with E-state index in [0.717, 1.165) is 5.56 Å². The summed E-state index contributed by atoms with van der Waals surface area (Å²) in [5.41, 5.74) is 7.87. The molecule has 0 aliphatic heterocycles. The second kappa shape index (κ2) is 14.6. The van der Waals surface area contributed by atoms with Crippen LogP contribution in [0.1, 0.15) is 64.2 Å². The van der Waals surface area contributed by atoms with E-state index in [9.17, 15) is 18.9 Å². The molecule has 0 fully saturated rings. The maximum Gasteiger partial charge on any atom is 0.407 e. The molecular formula is C30H43N2O8P. The van der Waals surface area contributed by atoms with E-state index in [4.69, 9.17) is 24.5 Å². The molecule has 0 radical (unpaired) electrons. The van der Waals surface area contributed by atoms with Crippen LogP contribution in [-0.4, -0.2) is 48.8 Å². The smallest absolute Gasteiger partial charge is 0.407 e. The molecule has 2 rings (SSSR count). The number of hydrogen-bond donors (Lipinski definition) is 2. The Morgan fingerprint density at radius 3 is 2.20 bits per heavy atom. The first-order chi connectivity index (χ1) is 19.2. The molecule has 41 heavy (non-hydrogen) atoms. The number of esters is 2. The van der Waals surface area contributed by atoms with Gasteiger partial charge < -0.3 is 29.8 Å². The van der Waals surface area contributed by atoms with E-state index in [2.05, 4.69) is 5.32 Å². The standard InChI is InChI=1S/C30H43N2O8P/c1-8-39-41(36,30(31,21(2)3)27(34)38-19-22-13-10-9-11-14-22)20-25(26(33)37-7)24-16-12-15-23(17-24)18-32-28(35)40-29(4,5)6/h9-17,21,25H,8,18-20,31H2,1-7H3,(H,32,35). The highest BCUT2D eigenvalue weighted by Crippen LogP contribution is 2.62. The molecule has 3 N–H and O–H groups in total. The molecule has 0 bridgehead atoms. The first-order valence-corrected chi connectivity index (χ1v) is 15.3. The van der Waals surface area contributed by atoms with Gasteiger partial charge >= 0.3 is 18.0 Å². The number of carbonyl (C=O) groups excluding carboxylic acids is 3. The number of ether oxygens (including phenoxy) is 3. The minimum atomic E-state index is -4.12. The summed E-state index contributed by atoms with van der Waals surface area (Å²) in [5, 5.41) is 0.635. The Labute approximate surface area is 242 Å². The molecule has 0 aromatic heterocycles. The van der Waals surface area contributed by atoms with Crippen molar-refractivity contribution in [3.63, 3.8) is 0 Å². The molecular weight excluding hydrogens is 547 g/mol. The highest BCUT2D eigenvalue weighted by Gasteiger charge is 2.57. The number of rotatable bonds is 13. The second-order valence-electron chi connectivity index (χ2n) is 11.0. The SMILES string of the molecule is CCOP(=O)(CC(C(=O)OC)c1cccc(CNC(=O)OC(C)(C)C)c1)C(N)(C(=O)OCc1ccccc1)C(C)C. The van der Waals surface area contributed by atoms with Gasteiger partial charge in [-0.25, -0.2) is 9.59 Å². The van der Waals surface area contributed by atoms with Crippen molar-refractivity contribution in [3.05, 3.63) is 71.3 Å². The van der Waals surface area contributed by atoms with E-state index >= 15 is 0 Å². The van der Waals surface area contributed by atoms with Crippen molar-refractivity contribution in [2.45, 2.75) is 71.5 Å². The lowest BCUT2D eigenvalue weighted by molar-refractivity contribution is -0.150. The number of nitrogens with one attached hydrogen (secondary N) is 1. The van der Waals surface area contributed by atoms with Crippen molar-refractivity contribution in [2.75, 3.05) is 19.9 Å². The number of carbonyl (C=O) groups is 3. The Balaban J connectivity index is 2.40. The van der Waals surface area contributed by atoms with E-state index < -0.39 is 54.3 Å². The number of benzene rings is 2. The maximum atomic E-state index is 14.6. The van der Waals surface area contributed by atoms with Gasteiger partial charge in [0.2, 0.25) is 7.37 Å². The van der Waals surface area contributed by atoms with Crippen LogP contribution in [0.2, 0.25) is 0 Å². The molecule has 3 unspecified atom stereocenters. The zero-order valence-corrected chi connectivity index (χ0v) is 25.9. The van der Waals surface area contributed by atoms with Crippen LogP contribution in [-0.2, 0) is 46.0 Å². The molecule has 0 heterocycles. The van der Waals surface area contributed by atoms with Crippen LogP contribution < -0.4 is 11.1 Å². The van der Waals surface area contributed by atoms with Crippen molar-refractivity contribution >= 4 is 25.4 Å². The van der Waals surface area contributed by atoms with Gasteiger partial charge in [0.1, 0.15) is 12.2 Å². The fourth-order valence-electron chi connectivity index (χ4n) is 4.23. The Hall–Kier alpha value is -3.20. The maximum absolute atomic E-state index is 14.6. The monoisotopic (exact) mass is 590 g/mol. The van der Waals surface area contributed by atoms with Gasteiger partial charge in [0.15, 0.2) is 5.28 Å². The Bertz CT molecular complexity index is 1230. The molecule has 1 amide bonds. The van der Waals surface area contributed by atoms with Crippen molar-refractivity contribution in [3.8, 4) is 0 Å². The van der Waals surface area contributed by atoms with E-state index in [1.807, 2.05) is 18.2 Å². The van der Waals surface area contributed by atoms with Gasteiger partial charge in [0.25, 0.3) is 0 Å². The fraction of sp³-hybridized carbons (Fsp3) is 0.500. The van der Waals surface area contributed by atoms with Crippen LogP contribution in [0.3, 0.4) is 0 Å². The molecule has 0 aliphatic carbocycles. The fourth-order valence-corrected chi connectivity index (χ4v) is 7.24. The first kappa shape index (κ1) is 34.0. The second-order valence-corrected chi connectivity index (χ2v) is 13.7. The molecule has 0 saturated heterocycles. The lowest BCUT2D eigenvalue weighted by Gasteiger charge is -2.38. The predicted molar refractivity (Wildman–Crippen MR) is 156 cm³/mol. The Morgan fingerprint density at radius 1 is 1.00 bits per heavy atom. The Kier molecular flexibility index (Phi) is 12.1. The summed E-state index contributed by atoms with van der Waals surface area (Å²) >= 11 is 0. The van der Waals surface area contributed by atoms with E-state index in [1.54, 1.807) is 77.9 Å². The number of alkyl carbamates (subject to hydrolysis) is 1. The third-order valence-corrected chi connectivity index (χ3v) is 9.77. The third kappa shape index (κ3) is 9.15. The van der Waals surface area contributed by atoms with Gasteiger partial charge in [-0.2, -0.15) is 0 Å². The largest absolute Gasteiger partial charge is 0.469 e. The third-order valence-electron chi connectivity index (χ3n) is 6.42. The molecule has 11 heteroatoms. The summed E-state index contributed by atoms with van der Waals surface area (Å²) in [7, 11) is -2.90. The highest BCUT2D eigenvalue weighted by molar-refractivity contribution is 7.61. The molecule has 0 spiro atoms. The zero-order valence-electron chi connectivity index (χ0n) is 25.0. The predicted octanol–water partition coefficient (Wildman–Crippen LogP) is 5.34. The lowest BCUT2D eigenvalue weighted by Crippen LogP contribution is -2.54.